The lowest BCUT2D eigenvalue weighted by atomic mass is 10.1. The Bertz CT molecular complexity index is 478. The molecule has 6 atom stereocenters. The molecule has 23 heavy (non-hydrogen) atoms. The monoisotopic (exact) mass is 462 g/mol. The van der Waals surface area contributed by atoms with Gasteiger partial charge in [0.1, 0.15) is 8.07 Å². The number of allylic oxidation sites excluding steroid dienone is 1. The Morgan fingerprint density at radius 2 is 1.96 bits per heavy atom. The van der Waals surface area contributed by atoms with Crippen LogP contribution in [0.1, 0.15) is 32.6 Å². The van der Waals surface area contributed by atoms with Gasteiger partial charge in [0.05, 0.1) is 24.4 Å². The van der Waals surface area contributed by atoms with Crippen LogP contribution < -0.4 is 0 Å². The van der Waals surface area contributed by atoms with E-state index in [0.717, 1.165) is 25.7 Å². The average Bonchev–Trinajstić information content (AvgIpc) is 2.78. The molecule has 2 rings (SSSR count). The fourth-order valence-electron chi connectivity index (χ4n) is 3.00. The van der Waals surface area contributed by atoms with Crippen molar-refractivity contribution < 1.29 is 9.47 Å². The minimum absolute atomic E-state index is 0.157. The predicted molar refractivity (Wildman–Crippen MR) is 107 cm³/mol. The van der Waals surface area contributed by atoms with Crippen LogP contribution in [0.2, 0.25) is 19.6 Å². The lowest BCUT2D eigenvalue weighted by molar-refractivity contribution is -0.0732. The van der Waals surface area contributed by atoms with Crippen LogP contribution in [0.25, 0.3) is 0 Å². The lowest BCUT2D eigenvalue weighted by Gasteiger charge is -2.30. The molecule has 2 aliphatic rings. The first kappa shape index (κ1) is 19.7. The number of fused-ring (bicyclic) bond motifs is 2. The third-order valence-corrected chi connectivity index (χ3v) is 7.34. The quantitative estimate of drug-likeness (QED) is 0.329. The summed E-state index contributed by atoms with van der Waals surface area (Å²) in [7, 11) is -1.28. The summed E-state index contributed by atoms with van der Waals surface area (Å²) >= 11 is 7.58. The number of rotatable bonds is 4. The summed E-state index contributed by atoms with van der Waals surface area (Å²) < 4.78 is 12.6. The Morgan fingerprint density at radius 3 is 2.61 bits per heavy atom. The number of hydrogen-bond donors (Lipinski definition) is 0. The molecule has 2 heterocycles. The smallest absolute Gasteiger partial charge is 0.129 e. The van der Waals surface area contributed by atoms with Crippen LogP contribution in [-0.2, 0) is 9.47 Å². The number of ether oxygens (including phenoxy) is 2. The van der Waals surface area contributed by atoms with Gasteiger partial charge < -0.3 is 9.47 Å². The molecule has 2 saturated heterocycles. The van der Waals surface area contributed by atoms with Crippen molar-refractivity contribution in [3.63, 3.8) is 0 Å². The van der Waals surface area contributed by atoms with Crippen molar-refractivity contribution in [2.45, 2.75) is 86.3 Å². The zero-order valence-electron chi connectivity index (χ0n) is 14.5. The molecule has 0 spiro atoms. The van der Waals surface area contributed by atoms with Gasteiger partial charge in [-0.05, 0) is 25.3 Å². The minimum Gasteiger partial charge on any atom is -0.371 e. The Hall–Kier alpha value is 0.397. The first-order chi connectivity index (χ1) is 10.8. The Labute approximate surface area is 159 Å². The Balaban J connectivity index is 1.94. The van der Waals surface area contributed by atoms with Crippen molar-refractivity contribution in [2.75, 3.05) is 0 Å². The molecule has 2 aliphatic heterocycles. The normalized spacial score (nSPS) is 35.7. The number of halogens is 2. The summed E-state index contributed by atoms with van der Waals surface area (Å²) in [4.78, 5) is 0.797. The molecule has 0 unspecified atom stereocenters. The highest BCUT2D eigenvalue weighted by Gasteiger charge is 2.44. The highest BCUT2D eigenvalue weighted by molar-refractivity contribution is 9.09. The second-order valence-electron chi connectivity index (χ2n) is 7.50. The molecule has 2 fully saturated rings. The van der Waals surface area contributed by atoms with E-state index in [-0.39, 0.29) is 24.4 Å². The third kappa shape index (κ3) is 6.00. The lowest BCUT2D eigenvalue weighted by Crippen LogP contribution is -2.36. The maximum atomic E-state index is 6.38. The molecule has 0 aromatic heterocycles. The van der Waals surface area contributed by atoms with Crippen molar-refractivity contribution in [1.29, 1.82) is 0 Å². The van der Waals surface area contributed by atoms with E-state index in [1.807, 2.05) is 6.08 Å². The molecule has 0 aromatic carbocycles. The summed E-state index contributed by atoms with van der Waals surface area (Å²) in [5.74, 6) is 3.18. The van der Waals surface area contributed by atoms with Crippen molar-refractivity contribution in [3.8, 4) is 11.5 Å². The first-order valence-corrected chi connectivity index (χ1v) is 13.9. The van der Waals surface area contributed by atoms with Gasteiger partial charge in [-0.3, -0.25) is 0 Å². The standard InChI is InChI=1S/C18H28Br2O2Si/c1-5-13(19)16-11-14(20)17-12-18(22-16)15(21-17)9-7-6-8-10-23(2,3)4/h6-7,13-18H,5,9,11-12H2,1-4H3/b7-6+/t13-,14+,15+,16+,17+,18+/m0/s1. The van der Waals surface area contributed by atoms with E-state index in [4.69, 9.17) is 9.47 Å². The van der Waals surface area contributed by atoms with Crippen molar-refractivity contribution in [3.05, 3.63) is 12.2 Å². The van der Waals surface area contributed by atoms with Crippen LogP contribution in [0.15, 0.2) is 12.2 Å². The number of alkyl halides is 2. The van der Waals surface area contributed by atoms with E-state index >= 15 is 0 Å². The molecule has 0 aromatic rings. The third-order valence-electron chi connectivity index (χ3n) is 4.25. The van der Waals surface area contributed by atoms with E-state index in [1.165, 1.54) is 0 Å². The summed E-state index contributed by atoms with van der Waals surface area (Å²) in [6.45, 7) is 8.97. The zero-order valence-corrected chi connectivity index (χ0v) is 18.7. The van der Waals surface area contributed by atoms with Crippen LogP contribution in [0.4, 0.5) is 0 Å². The van der Waals surface area contributed by atoms with Gasteiger partial charge in [0.2, 0.25) is 0 Å². The van der Waals surface area contributed by atoms with Crippen molar-refractivity contribution in [2.24, 2.45) is 0 Å². The van der Waals surface area contributed by atoms with Crippen LogP contribution in [0.3, 0.4) is 0 Å². The molecular weight excluding hydrogens is 436 g/mol. The molecule has 0 N–H and O–H groups in total. The second kappa shape index (κ2) is 8.67. The van der Waals surface area contributed by atoms with E-state index in [2.05, 4.69) is 76.0 Å². The van der Waals surface area contributed by atoms with Gasteiger partial charge in [0.25, 0.3) is 0 Å². The fourth-order valence-corrected chi connectivity index (χ4v) is 4.57. The SMILES string of the molecule is CC[C@H](Br)[C@H]1C[C@@H](Br)[C@H]2C[C@@H](O1)[C@@H](C/C=C/C#C[Si](C)(C)C)O2. The van der Waals surface area contributed by atoms with Crippen molar-refractivity contribution in [1.82, 2.24) is 0 Å². The molecular formula is C18H28Br2O2Si. The topological polar surface area (TPSA) is 18.5 Å². The largest absolute Gasteiger partial charge is 0.371 e. The molecule has 0 radical (unpaired) electrons. The molecule has 130 valence electrons. The molecule has 0 aliphatic carbocycles. The van der Waals surface area contributed by atoms with Crippen LogP contribution in [-0.4, -0.2) is 42.1 Å². The van der Waals surface area contributed by atoms with Crippen LogP contribution >= 0.6 is 31.9 Å². The highest BCUT2D eigenvalue weighted by Crippen LogP contribution is 2.38. The second-order valence-corrected chi connectivity index (χ2v) is 14.6. The Kier molecular flexibility index (Phi) is 7.43. The van der Waals surface area contributed by atoms with Gasteiger partial charge in [-0.15, -0.1) is 5.54 Å². The molecule has 2 nitrogen and oxygen atoms in total. The van der Waals surface area contributed by atoms with Crippen molar-refractivity contribution >= 4 is 39.9 Å². The van der Waals surface area contributed by atoms with Gasteiger partial charge in [0.15, 0.2) is 0 Å². The molecule has 0 amide bonds. The number of hydrogen-bond acceptors (Lipinski definition) is 2. The summed E-state index contributed by atoms with van der Waals surface area (Å²) in [6, 6.07) is 0. The predicted octanol–water partition coefficient (Wildman–Crippen LogP) is 5.07. The van der Waals surface area contributed by atoms with Crippen LogP contribution in [0.5, 0.6) is 0 Å². The fraction of sp³-hybridized carbons (Fsp3) is 0.778. The van der Waals surface area contributed by atoms with Gasteiger partial charge in [-0.25, -0.2) is 0 Å². The van der Waals surface area contributed by atoms with Gasteiger partial charge in [-0.1, -0.05) is 70.4 Å². The average molecular weight is 464 g/mol. The van der Waals surface area contributed by atoms with Gasteiger partial charge in [0, 0.05) is 16.1 Å². The minimum atomic E-state index is -1.28. The Morgan fingerprint density at radius 1 is 1.22 bits per heavy atom. The first-order valence-electron chi connectivity index (χ1n) is 8.57. The molecule has 2 bridgehead atoms. The summed E-state index contributed by atoms with van der Waals surface area (Å²) in [6.07, 6.45) is 8.99. The van der Waals surface area contributed by atoms with E-state index in [0.29, 0.717) is 9.65 Å². The van der Waals surface area contributed by atoms with Gasteiger partial charge >= 0.3 is 0 Å². The van der Waals surface area contributed by atoms with E-state index in [9.17, 15) is 0 Å². The molecule has 0 saturated carbocycles. The van der Waals surface area contributed by atoms with E-state index < -0.39 is 8.07 Å². The van der Waals surface area contributed by atoms with Gasteiger partial charge in [-0.2, -0.15) is 0 Å². The zero-order chi connectivity index (χ0) is 17.0. The summed E-state index contributed by atoms with van der Waals surface area (Å²) in [5.41, 5.74) is 3.36. The maximum Gasteiger partial charge on any atom is 0.129 e. The molecule has 5 heteroatoms. The summed E-state index contributed by atoms with van der Waals surface area (Å²) in [5, 5.41) is 0. The maximum absolute atomic E-state index is 6.38. The van der Waals surface area contributed by atoms with Crippen LogP contribution in [0, 0.1) is 11.5 Å². The van der Waals surface area contributed by atoms with E-state index in [1.54, 1.807) is 0 Å². The highest BCUT2D eigenvalue weighted by atomic mass is 79.9.